The molecule has 1 aromatic carbocycles. The van der Waals surface area contributed by atoms with Gasteiger partial charge in [-0.2, -0.15) is 0 Å². The standard InChI is InChI=1S/C15H20N2O/c1-3-8-13(4-2)17-15(18)11-14(16)12-9-6-5-7-10-12/h1,5-7,9-10,13-14H,4,8,11,16H2,2H3,(H,17,18). The molecule has 0 aliphatic rings. The van der Waals surface area contributed by atoms with Gasteiger partial charge in [-0.25, -0.2) is 0 Å². The molecule has 0 radical (unpaired) electrons. The van der Waals surface area contributed by atoms with E-state index in [2.05, 4.69) is 11.2 Å². The molecule has 0 saturated heterocycles. The molecular weight excluding hydrogens is 224 g/mol. The number of hydrogen-bond donors (Lipinski definition) is 2. The monoisotopic (exact) mass is 244 g/mol. The van der Waals surface area contributed by atoms with Crippen LogP contribution in [0.15, 0.2) is 30.3 Å². The van der Waals surface area contributed by atoms with E-state index in [-0.39, 0.29) is 24.4 Å². The Labute approximate surface area is 109 Å². The lowest BCUT2D eigenvalue weighted by atomic mass is 10.0. The quantitative estimate of drug-likeness (QED) is 0.752. The number of terminal acetylenes is 1. The molecule has 0 aromatic heterocycles. The second-order valence-electron chi connectivity index (χ2n) is 4.30. The van der Waals surface area contributed by atoms with Crippen molar-refractivity contribution >= 4 is 5.91 Å². The molecule has 1 aromatic rings. The van der Waals surface area contributed by atoms with E-state index in [1.54, 1.807) is 0 Å². The molecule has 2 atom stereocenters. The van der Waals surface area contributed by atoms with Crippen LogP contribution in [-0.4, -0.2) is 11.9 Å². The van der Waals surface area contributed by atoms with Crippen LogP contribution < -0.4 is 11.1 Å². The molecule has 96 valence electrons. The van der Waals surface area contributed by atoms with E-state index >= 15 is 0 Å². The van der Waals surface area contributed by atoms with Crippen LogP contribution in [0, 0.1) is 12.3 Å². The van der Waals surface area contributed by atoms with Gasteiger partial charge in [-0.3, -0.25) is 4.79 Å². The number of amides is 1. The van der Waals surface area contributed by atoms with E-state index in [0.29, 0.717) is 6.42 Å². The van der Waals surface area contributed by atoms with Crippen molar-refractivity contribution < 1.29 is 4.79 Å². The second kappa shape index (κ2) is 7.52. The molecule has 0 bridgehead atoms. The number of carbonyl (C=O) groups excluding carboxylic acids is 1. The summed E-state index contributed by atoms with van der Waals surface area (Å²) >= 11 is 0. The fraction of sp³-hybridized carbons (Fsp3) is 0.400. The third-order valence-electron chi connectivity index (χ3n) is 2.86. The van der Waals surface area contributed by atoms with Gasteiger partial charge >= 0.3 is 0 Å². The van der Waals surface area contributed by atoms with Gasteiger partial charge in [0.15, 0.2) is 0 Å². The van der Waals surface area contributed by atoms with Crippen LogP contribution in [0.25, 0.3) is 0 Å². The highest BCUT2D eigenvalue weighted by molar-refractivity contribution is 5.77. The summed E-state index contributed by atoms with van der Waals surface area (Å²) in [5.41, 5.74) is 6.96. The molecule has 18 heavy (non-hydrogen) atoms. The normalized spacial score (nSPS) is 13.4. The lowest BCUT2D eigenvalue weighted by molar-refractivity contribution is -0.122. The van der Waals surface area contributed by atoms with Gasteiger partial charge in [0.1, 0.15) is 0 Å². The number of benzene rings is 1. The number of hydrogen-bond acceptors (Lipinski definition) is 2. The van der Waals surface area contributed by atoms with Crippen LogP contribution in [0.5, 0.6) is 0 Å². The predicted molar refractivity (Wildman–Crippen MR) is 73.7 cm³/mol. The topological polar surface area (TPSA) is 55.1 Å². The second-order valence-corrected chi connectivity index (χ2v) is 4.30. The summed E-state index contributed by atoms with van der Waals surface area (Å²) in [6, 6.07) is 9.39. The summed E-state index contributed by atoms with van der Waals surface area (Å²) in [4.78, 5) is 11.8. The van der Waals surface area contributed by atoms with Crippen molar-refractivity contribution in [2.24, 2.45) is 5.73 Å². The van der Waals surface area contributed by atoms with E-state index in [0.717, 1.165) is 12.0 Å². The van der Waals surface area contributed by atoms with Crippen LogP contribution in [0.3, 0.4) is 0 Å². The summed E-state index contributed by atoms with van der Waals surface area (Å²) in [7, 11) is 0. The molecule has 0 aliphatic heterocycles. The first-order valence-electron chi connectivity index (χ1n) is 6.20. The smallest absolute Gasteiger partial charge is 0.222 e. The largest absolute Gasteiger partial charge is 0.352 e. The highest BCUT2D eigenvalue weighted by Gasteiger charge is 2.14. The third-order valence-corrected chi connectivity index (χ3v) is 2.86. The number of nitrogens with one attached hydrogen (secondary N) is 1. The fourth-order valence-corrected chi connectivity index (χ4v) is 1.74. The Balaban J connectivity index is 2.47. The highest BCUT2D eigenvalue weighted by atomic mass is 16.1. The van der Waals surface area contributed by atoms with Gasteiger partial charge in [-0.1, -0.05) is 37.3 Å². The lowest BCUT2D eigenvalue weighted by Crippen LogP contribution is -2.35. The minimum absolute atomic E-state index is 0.0467. The Morgan fingerprint density at radius 1 is 1.44 bits per heavy atom. The zero-order valence-electron chi connectivity index (χ0n) is 10.7. The molecule has 0 saturated carbocycles. The molecule has 3 heteroatoms. The average Bonchev–Trinajstić information content (AvgIpc) is 2.39. The molecule has 0 spiro atoms. The lowest BCUT2D eigenvalue weighted by Gasteiger charge is -2.16. The Hall–Kier alpha value is -1.79. The minimum atomic E-state index is -0.269. The van der Waals surface area contributed by atoms with E-state index < -0.39 is 0 Å². The van der Waals surface area contributed by atoms with Crippen molar-refractivity contribution in [3.05, 3.63) is 35.9 Å². The van der Waals surface area contributed by atoms with Crippen LogP contribution >= 0.6 is 0 Å². The van der Waals surface area contributed by atoms with Crippen molar-refractivity contribution in [1.82, 2.24) is 5.32 Å². The summed E-state index contributed by atoms with van der Waals surface area (Å²) < 4.78 is 0. The summed E-state index contributed by atoms with van der Waals surface area (Å²) in [6.45, 7) is 2.00. The van der Waals surface area contributed by atoms with Crippen LogP contribution in [-0.2, 0) is 4.79 Å². The summed E-state index contributed by atoms with van der Waals surface area (Å²) in [6.07, 6.45) is 6.92. The van der Waals surface area contributed by atoms with Crippen LogP contribution in [0.4, 0.5) is 0 Å². The minimum Gasteiger partial charge on any atom is -0.352 e. The van der Waals surface area contributed by atoms with Gasteiger partial charge in [-0.15, -0.1) is 12.3 Å². The predicted octanol–water partition coefficient (Wildman–Crippen LogP) is 1.99. The molecule has 0 aliphatic carbocycles. The highest BCUT2D eigenvalue weighted by Crippen LogP contribution is 2.13. The Morgan fingerprint density at radius 3 is 2.67 bits per heavy atom. The zero-order chi connectivity index (χ0) is 13.4. The Kier molecular flexibility index (Phi) is 5.96. The molecule has 3 nitrogen and oxygen atoms in total. The van der Waals surface area contributed by atoms with Crippen molar-refractivity contribution in [3.63, 3.8) is 0 Å². The first-order valence-corrected chi connectivity index (χ1v) is 6.20. The van der Waals surface area contributed by atoms with Crippen molar-refractivity contribution in [2.75, 3.05) is 0 Å². The van der Waals surface area contributed by atoms with Gasteiger partial charge in [-0.05, 0) is 12.0 Å². The van der Waals surface area contributed by atoms with Crippen LogP contribution in [0.1, 0.15) is 37.8 Å². The third kappa shape index (κ3) is 4.60. The zero-order valence-corrected chi connectivity index (χ0v) is 10.7. The Bertz CT molecular complexity index is 408. The number of nitrogens with two attached hydrogens (primary N) is 1. The first-order chi connectivity index (χ1) is 8.67. The first kappa shape index (κ1) is 14.3. The molecule has 0 fully saturated rings. The maximum atomic E-state index is 11.8. The molecular formula is C15H20N2O. The van der Waals surface area contributed by atoms with E-state index in [1.807, 2.05) is 37.3 Å². The van der Waals surface area contributed by atoms with Crippen LogP contribution in [0.2, 0.25) is 0 Å². The van der Waals surface area contributed by atoms with Gasteiger partial charge in [0.05, 0.1) is 0 Å². The molecule has 2 unspecified atom stereocenters. The van der Waals surface area contributed by atoms with Gasteiger partial charge < -0.3 is 11.1 Å². The van der Waals surface area contributed by atoms with Crippen molar-refractivity contribution in [2.45, 2.75) is 38.3 Å². The van der Waals surface area contributed by atoms with Gasteiger partial charge in [0.2, 0.25) is 5.91 Å². The van der Waals surface area contributed by atoms with Crippen molar-refractivity contribution in [3.8, 4) is 12.3 Å². The number of rotatable bonds is 6. The summed E-state index contributed by atoms with van der Waals surface area (Å²) in [5, 5.41) is 2.91. The van der Waals surface area contributed by atoms with Gasteiger partial charge in [0.25, 0.3) is 0 Å². The number of carbonyl (C=O) groups is 1. The Morgan fingerprint density at radius 2 is 2.11 bits per heavy atom. The van der Waals surface area contributed by atoms with E-state index in [4.69, 9.17) is 12.2 Å². The molecule has 1 amide bonds. The van der Waals surface area contributed by atoms with Crippen molar-refractivity contribution in [1.29, 1.82) is 0 Å². The molecule has 0 heterocycles. The maximum Gasteiger partial charge on any atom is 0.222 e. The summed E-state index contributed by atoms with van der Waals surface area (Å²) in [5.74, 6) is 2.52. The fourth-order valence-electron chi connectivity index (χ4n) is 1.74. The van der Waals surface area contributed by atoms with E-state index in [9.17, 15) is 4.79 Å². The average molecular weight is 244 g/mol. The van der Waals surface area contributed by atoms with Gasteiger partial charge in [0, 0.05) is 24.9 Å². The molecule has 1 rings (SSSR count). The maximum absolute atomic E-state index is 11.8. The molecule has 3 N–H and O–H groups in total. The van der Waals surface area contributed by atoms with E-state index in [1.165, 1.54) is 0 Å². The SMILES string of the molecule is C#CCC(CC)NC(=O)CC(N)c1ccccc1.